The number of aromatic nitrogens is 1. The second-order valence-electron chi connectivity index (χ2n) is 2.35. The molecular formula is C7H9N3O3S2. The van der Waals surface area contributed by atoms with E-state index in [1.165, 1.54) is 30.2 Å². The van der Waals surface area contributed by atoms with Crippen LogP contribution < -0.4 is 11.1 Å². The van der Waals surface area contributed by atoms with Crippen molar-refractivity contribution in [1.29, 1.82) is 0 Å². The van der Waals surface area contributed by atoms with Crippen molar-refractivity contribution in [2.45, 2.75) is 4.21 Å². The van der Waals surface area contributed by atoms with E-state index in [1.807, 2.05) is 5.32 Å². The normalized spacial score (nSPS) is 9.67. The number of thioether (sulfide) groups is 1. The number of hydrogen-bond donors (Lipinski definition) is 2. The summed E-state index contributed by atoms with van der Waals surface area (Å²) in [6.07, 6.45) is 0.820. The number of methoxy groups -OCH3 is 1. The monoisotopic (exact) mass is 247 g/mol. The van der Waals surface area contributed by atoms with Gasteiger partial charge in [0.05, 0.1) is 23.3 Å². The summed E-state index contributed by atoms with van der Waals surface area (Å²) in [6, 6.07) is 0. The quantitative estimate of drug-likeness (QED) is 0.763. The highest BCUT2D eigenvalue weighted by Crippen LogP contribution is 2.25. The highest BCUT2D eigenvalue weighted by atomic mass is 32.2. The van der Waals surface area contributed by atoms with Gasteiger partial charge >= 0.3 is 6.09 Å². The second-order valence-corrected chi connectivity index (χ2v) is 4.68. The van der Waals surface area contributed by atoms with E-state index >= 15 is 0 Å². The first-order valence-electron chi connectivity index (χ1n) is 3.83. The van der Waals surface area contributed by atoms with E-state index in [9.17, 15) is 9.59 Å². The van der Waals surface area contributed by atoms with Crippen LogP contribution in [0.25, 0.3) is 0 Å². The number of nitrogens with two attached hydrogens (primary N) is 1. The Bertz CT molecular complexity index is 366. The Morgan fingerprint density at radius 2 is 2.47 bits per heavy atom. The zero-order chi connectivity index (χ0) is 11.3. The zero-order valence-corrected chi connectivity index (χ0v) is 9.48. The number of carbonyl (C=O) groups is 2. The number of anilines is 1. The van der Waals surface area contributed by atoms with Crippen LogP contribution in [-0.4, -0.2) is 29.8 Å². The number of rotatable bonds is 3. The topological polar surface area (TPSA) is 94.3 Å². The van der Waals surface area contributed by atoms with Gasteiger partial charge in [-0.2, -0.15) is 0 Å². The predicted octanol–water partition coefficient (Wildman–Crippen LogP) is 0.700. The van der Waals surface area contributed by atoms with E-state index in [4.69, 9.17) is 5.73 Å². The molecule has 3 N–H and O–H groups in total. The van der Waals surface area contributed by atoms with Crippen LogP contribution in [0, 0.1) is 0 Å². The number of nitrogen functional groups attached to an aromatic ring is 1. The molecule has 0 fully saturated rings. The number of ether oxygens (including phenoxy) is 1. The van der Waals surface area contributed by atoms with E-state index in [-0.39, 0.29) is 5.75 Å². The maximum atomic E-state index is 11.1. The zero-order valence-electron chi connectivity index (χ0n) is 7.85. The van der Waals surface area contributed by atoms with Gasteiger partial charge in [0.2, 0.25) is 5.91 Å². The van der Waals surface area contributed by atoms with Gasteiger partial charge in [-0.1, -0.05) is 11.3 Å². The number of hydrogen-bond acceptors (Lipinski definition) is 7. The molecule has 0 aromatic carbocycles. The summed E-state index contributed by atoms with van der Waals surface area (Å²) in [4.78, 5) is 25.6. The number of nitrogens with zero attached hydrogens (tertiary/aromatic N) is 1. The van der Waals surface area contributed by atoms with Crippen molar-refractivity contribution in [2.75, 3.05) is 18.6 Å². The van der Waals surface area contributed by atoms with Crippen molar-refractivity contribution < 1.29 is 14.3 Å². The molecule has 1 aromatic rings. The van der Waals surface area contributed by atoms with E-state index in [0.717, 1.165) is 4.21 Å². The van der Waals surface area contributed by atoms with Crippen molar-refractivity contribution in [3.8, 4) is 0 Å². The number of thiazole rings is 1. The fourth-order valence-corrected chi connectivity index (χ4v) is 2.23. The van der Waals surface area contributed by atoms with Gasteiger partial charge in [0.1, 0.15) is 0 Å². The van der Waals surface area contributed by atoms with Gasteiger partial charge in [-0.15, -0.1) is 11.8 Å². The third kappa shape index (κ3) is 4.17. The summed E-state index contributed by atoms with van der Waals surface area (Å²) >= 11 is 2.55. The maximum absolute atomic E-state index is 11.1. The lowest BCUT2D eigenvalue weighted by Crippen LogP contribution is -2.31. The molecule has 0 atom stereocenters. The van der Waals surface area contributed by atoms with Gasteiger partial charge in [0.15, 0.2) is 5.13 Å². The lowest BCUT2D eigenvalue weighted by molar-refractivity contribution is -0.117. The SMILES string of the molecule is COC(=O)NC(=O)CSc1cnc(N)s1. The summed E-state index contributed by atoms with van der Waals surface area (Å²) in [7, 11) is 1.19. The van der Waals surface area contributed by atoms with Gasteiger partial charge in [0, 0.05) is 0 Å². The summed E-state index contributed by atoms with van der Waals surface area (Å²) < 4.78 is 5.09. The molecule has 0 aliphatic rings. The number of amides is 2. The minimum Gasteiger partial charge on any atom is -0.453 e. The van der Waals surface area contributed by atoms with Crippen LogP contribution in [0.1, 0.15) is 0 Å². The average molecular weight is 247 g/mol. The minimum absolute atomic E-state index is 0.122. The maximum Gasteiger partial charge on any atom is 0.413 e. The summed E-state index contributed by atoms with van der Waals surface area (Å²) in [5.41, 5.74) is 5.41. The van der Waals surface area contributed by atoms with Gasteiger partial charge in [0.25, 0.3) is 0 Å². The Morgan fingerprint density at radius 1 is 1.73 bits per heavy atom. The molecular weight excluding hydrogens is 238 g/mol. The molecule has 82 valence electrons. The lowest BCUT2D eigenvalue weighted by Gasteiger charge is -2.00. The molecule has 1 rings (SSSR count). The van der Waals surface area contributed by atoms with Crippen LogP contribution in [0.2, 0.25) is 0 Å². The summed E-state index contributed by atoms with van der Waals surface area (Å²) in [6.45, 7) is 0. The van der Waals surface area contributed by atoms with Crippen molar-refractivity contribution in [3.05, 3.63) is 6.20 Å². The molecule has 1 aromatic heterocycles. The molecule has 0 spiro atoms. The number of nitrogens with one attached hydrogen (secondary N) is 1. The Morgan fingerprint density at radius 3 is 3.00 bits per heavy atom. The van der Waals surface area contributed by atoms with Gasteiger partial charge < -0.3 is 10.5 Å². The molecule has 0 saturated carbocycles. The van der Waals surface area contributed by atoms with Crippen molar-refractivity contribution in [2.24, 2.45) is 0 Å². The predicted molar refractivity (Wildman–Crippen MR) is 57.8 cm³/mol. The number of imide groups is 1. The highest BCUT2D eigenvalue weighted by Gasteiger charge is 2.08. The summed E-state index contributed by atoms with van der Waals surface area (Å²) in [5.74, 6) is -0.296. The average Bonchev–Trinajstić information content (AvgIpc) is 2.61. The van der Waals surface area contributed by atoms with Crippen LogP contribution in [0.3, 0.4) is 0 Å². The van der Waals surface area contributed by atoms with E-state index in [2.05, 4.69) is 9.72 Å². The molecule has 1 heterocycles. The van der Waals surface area contributed by atoms with Crippen LogP contribution in [0.5, 0.6) is 0 Å². The lowest BCUT2D eigenvalue weighted by atomic mass is 10.7. The number of carbonyl (C=O) groups excluding carboxylic acids is 2. The molecule has 0 bridgehead atoms. The molecule has 0 radical (unpaired) electrons. The number of alkyl carbamates (subject to hydrolysis) is 1. The molecule has 2 amide bonds. The van der Waals surface area contributed by atoms with Gasteiger partial charge in [-0.05, 0) is 0 Å². The Labute approximate surface area is 94.2 Å². The van der Waals surface area contributed by atoms with Crippen LogP contribution in [0.4, 0.5) is 9.93 Å². The second kappa shape index (κ2) is 5.56. The van der Waals surface area contributed by atoms with Crippen molar-refractivity contribution in [3.63, 3.8) is 0 Å². The third-order valence-corrected chi connectivity index (χ3v) is 3.30. The fraction of sp³-hybridized carbons (Fsp3) is 0.286. The van der Waals surface area contributed by atoms with Crippen LogP contribution in [0.15, 0.2) is 10.4 Å². The largest absolute Gasteiger partial charge is 0.453 e. The minimum atomic E-state index is -0.760. The molecule has 15 heavy (non-hydrogen) atoms. The van der Waals surface area contributed by atoms with Gasteiger partial charge in [-0.3, -0.25) is 10.1 Å². The summed E-state index contributed by atoms with van der Waals surface area (Å²) in [5, 5.41) is 2.49. The first-order chi connectivity index (χ1) is 7.11. The first-order valence-corrected chi connectivity index (χ1v) is 5.64. The Kier molecular flexibility index (Phi) is 4.37. The van der Waals surface area contributed by atoms with E-state index in [0.29, 0.717) is 5.13 Å². The highest BCUT2D eigenvalue weighted by molar-refractivity contribution is 8.01. The van der Waals surface area contributed by atoms with Crippen molar-refractivity contribution >= 4 is 40.2 Å². The first kappa shape index (κ1) is 11.8. The molecule has 0 aliphatic heterocycles. The Hall–Kier alpha value is -1.28. The van der Waals surface area contributed by atoms with Gasteiger partial charge in [-0.25, -0.2) is 9.78 Å². The Balaban J connectivity index is 2.31. The third-order valence-electron chi connectivity index (χ3n) is 1.27. The van der Waals surface area contributed by atoms with Crippen LogP contribution in [-0.2, 0) is 9.53 Å². The van der Waals surface area contributed by atoms with E-state index < -0.39 is 12.0 Å². The van der Waals surface area contributed by atoms with Crippen LogP contribution >= 0.6 is 23.1 Å². The standard InChI is InChI=1S/C7H9N3O3S2/c1-13-7(12)10-4(11)3-14-5-2-9-6(8)15-5/h2H,3H2,1H3,(H2,8,9)(H,10,11,12). The molecule has 0 saturated heterocycles. The molecule has 0 unspecified atom stereocenters. The molecule has 0 aliphatic carbocycles. The van der Waals surface area contributed by atoms with E-state index in [1.54, 1.807) is 6.20 Å². The molecule has 8 heteroatoms. The molecule has 6 nitrogen and oxygen atoms in total. The fourth-order valence-electron chi connectivity index (χ4n) is 0.676. The smallest absolute Gasteiger partial charge is 0.413 e. The van der Waals surface area contributed by atoms with Crippen molar-refractivity contribution in [1.82, 2.24) is 10.3 Å².